The maximum absolute atomic E-state index is 14.3. The first-order chi connectivity index (χ1) is 27.1. The van der Waals surface area contributed by atoms with Crippen LogP contribution in [0.4, 0.5) is 0 Å². The Kier molecular flexibility index (Phi) is 22.2. The summed E-state index contributed by atoms with van der Waals surface area (Å²) in [5, 5.41) is 23.2. The van der Waals surface area contributed by atoms with Crippen molar-refractivity contribution in [2.45, 2.75) is 186 Å². The van der Waals surface area contributed by atoms with Gasteiger partial charge in [-0.15, -0.1) is 0 Å². The third-order valence-corrected chi connectivity index (χ3v) is 12.7. The fraction of sp³-hybridized carbons (Fsp3) is 0.952. The normalized spacial score (nSPS) is 44.6. The minimum Gasteiger partial charge on any atom is -0.459 e. The Morgan fingerprint density at radius 3 is 1.85 bits per heavy atom. The van der Waals surface area contributed by atoms with Crippen LogP contribution in [-0.4, -0.2) is 153 Å². The van der Waals surface area contributed by atoms with E-state index in [2.05, 4.69) is 79.6 Å². The Morgan fingerprint density at radius 2 is 1.37 bits per heavy atom. The van der Waals surface area contributed by atoms with E-state index in [0.29, 0.717) is 5.86 Å². The van der Waals surface area contributed by atoms with Crippen LogP contribution in [0.1, 0.15) is 102 Å². The second-order valence-electron chi connectivity index (χ2n) is 17.8. The Bertz CT molecular complexity index is 1320. The molecule has 0 bridgehead atoms. The lowest BCUT2D eigenvalue weighted by atomic mass is 9.74. The second kappa shape index (κ2) is 23.4. The molecular formula is C42H76I3NO13. The number of cyclic esters (lactones) is 1. The van der Waals surface area contributed by atoms with Gasteiger partial charge >= 0.3 is 5.97 Å². The minimum atomic E-state index is -1.94. The van der Waals surface area contributed by atoms with Crippen molar-refractivity contribution in [3.8, 4) is 0 Å². The van der Waals surface area contributed by atoms with Gasteiger partial charge in [0.1, 0.15) is 29.1 Å². The number of alkyl halides is 3. The molecule has 0 aromatic rings. The van der Waals surface area contributed by atoms with Gasteiger partial charge in [0.2, 0.25) is 0 Å². The molecule has 0 aliphatic carbocycles. The fourth-order valence-electron chi connectivity index (χ4n) is 9.26. The zero-order valence-corrected chi connectivity index (χ0v) is 44.9. The second-order valence-corrected chi connectivity index (χ2v) is 30.5. The highest BCUT2D eigenvalue weighted by molar-refractivity contribution is 14.3. The van der Waals surface area contributed by atoms with Gasteiger partial charge in [0.25, 0.3) is 0 Å². The number of nitrogens with zero attached hydrogens (tertiary/aromatic N) is 1. The summed E-state index contributed by atoms with van der Waals surface area (Å²) in [4.78, 5) is 30.5. The van der Waals surface area contributed by atoms with Crippen LogP contribution in [0.3, 0.4) is 0 Å². The van der Waals surface area contributed by atoms with E-state index in [1.165, 1.54) is 6.92 Å². The van der Waals surface area contributed by atoms with Gasteiger partial charge in [-0.3, -0.25) is 9.59 Å². The molecule has 3 heterocycles. The molecule has 3 rings (SSSR count). The van der Waals surface area contributed by atoms with Gasteiger partial charge in [0.05, 0.1) is 47.6 Å². The lowest BCUT2D eigenvalue weighted by Crippen LogP contribution is -2.62. The molecule has 0 spiro atoms. The lowest BCUT2D eigenvalue weighted by Gasteiger charge is -2.50. The highest BCUT2D eigenvalue weighted by atomic mass is 127. The maximum Gasteiger partial charge on any atom is 0.311 e. The number of aliphatic hydroxyl groups is 2. The number of halogens is 3. The molecule has 0 aromatic carbocycles. The number of ether oxygens (including phenoxy) is 9. The first-order valence-electron chi connectivity index (χ1n) is 20.7. The molecule has 17 heteroatoms. The molecule has 18 atom stereocenters. The van der Waals surface area contributed by atoms with Crippen LogP contribution in [0.5, 0.6) is 0 Å². The third kappa shape index (κ3) is 14.4. The molecule has 348 valence electrons. The average Bonchev–Trinajstić information content (AvgIpc) is 3.14. The van der Waals surface area contributed by atoms with Crippen LogP contribution in [0.15, 0.2) is 0 Å². The first kappa shape index (κ1) is 56.0. The Labute approximate surface area is 395 Å². The molecule has 14 nitrogen and oxygen atoms in total. The SMILES string of the molecule is CC(I)(I)I.CC[C@H]1OC(=O)[C@H](C)[C@@H](O[C@H]2C[C@@](C)(OC)[C@@H](OC)[C@H](C)O2)[C@H](C)[C@@H](O[C@@H]2O[C@H](C)C[C@H](N(C)C)[C@H]2OC)[C@](C)(OC)C[C@@H](C)C(=O)[C@H](C)[C@@H](O)[C@]1(C)O. The Hall–Kier alpha value is 0.890. The van der Waals surface area contributed by atoms with Crippen LogP contribution in [0.2, 0.25) is 0 Å². The zero-order chi connectivity index (χ0) is 45.6. The van der Waals surface area contributed by atoms with E-state index in [9.17, 15) is 19.8 Å². The largest absolute Gasteiger partial charge is 0.459 e. The summed E-state index contributed by atoms with van der Waals surface area (Å²) >= 11 is 7.05. The molecule has 0 unspecified atom stereocenters. The van der Waals surface area contributed by atoms with Gasteiger partial charge in [-0.2, -0.15) is 0 Å². The summed E-state index contributed by atoms with van der Waals surface area (Å²) in [5.74, 6) is -4.15. The quantitative estimate of drug-likeness (QED) is 0.135. The lowest BCUT2D eigenvalue weighted by molar-refractivity contribution is -0.322. The summed E-state index contributed by atoms with van der Waals surface area (Å²) in [7, 11) is 10.4. The van der Waals surface area contributed by atoms with Crippen molar-refractivity contribution in [2.24, 2.45) is 23.7 Å². The van der Waals surface area contributed by atoms with Crippen molar-refractivity contribution in [3.63, 3.8) is 0 Å². The Balaban J connectivity index is 0.00000225. The smallest absolute Gasteiger partial charge is 0.311 e. The zero-order valence-electron chi connectivity index (χ0n) is 38.5. The first-order valence-corrected chi connectivity index (χ1v) is 24.0. The van der Waals surface area contributed by atoms with Crippen LogP contribution in [0.25, 0.3) is 0 Å². The maximum atomic E-state index is 14.3. The number of rotatable bonds is 10. The number of Topliss-reactive ketones (excluding diaryl/α,β-unsaturated/α-hetero) is 1. The third-order valence-electron chi connectivity index (χ3n) is 12.7. The van der Waals surface area contributed by atoms with Gasteiger partial charge in [-0.1, -0.05) is 95.5 Å². The van der Waals surface area contributed by atoms with Gasteiger partial charge in [0, 0.05) is 58.7 Å². The number of methoxy groups -OCH3 is 4. The van der Waals surface area contributed by atoms with E-state index in [0.717, 1.165) is 0 Å². The van der Waals surface area contributed by atoms with E-state index in [-0.39, 0.29) is 43.3 Å². The number of carbonyl (C=O) groups is 2. The predicted molar refractivity (Wildman–Crippen MR) is 251 cm³/mol. The molecule has 59 heavy (non-hydrogen) atoms. The van der Waals surface area contributed by atoms with Crippen molar-refractivity contribution in [1.82, 2.24) is 4.90 Å². The van der Waals surface area contributed by atoms with Crippen molar-refractivity contribution >= 4 is 79.5 Å². The number of ketones is 1. The number of hydrogen-bond donors (Lipinski definition) is 2. The van der Waals surface area contributed by atoms with E-state index in [4.69, 9.17) is 42.6 Å². The highest BCUT2D eigenvalue weighted by Gasteiger charge is 2.54. The minimum absolute atomic E-state index is 0.0356. The van der Waals surface area contributed by atoms with Gasteiger partial charge in [0.15, 0.2) is 12.6 Å². The van der Waals surface area contributed by atoms with Crippen LogP contribution >= 0.6 is 67.8 Å². The summed E-state index contributed by atoms with van der Waals surface area (Å²) in [6.45, 7) is 20.0. The van der Waals surface area contributed by atoms with Crippen molar-refractivity contribution in [3.05, 3.63) is 0 Å². The van der Waals surface area contributed by atoms with Crippen LogP contribution in [0, 0.1) is 23.7 Å². The highest BCUT2D eigenvalue weighted by Crippen LogP contribution is 2.42. The average molecular weight is 1180 g/mol. The fourth-order valence-corrected chi connectivity index (χ4v) is 9.26. The molecular weight excluding hydrogens is 1110 g/mol. The number of carbonyl (C=O) groups excluding carboxylic acids is 2. The molecule has 2 N–H and O–H groups in total. The van der Waals surface area contributed by atoms with E-state index in [1.807, 2.05) is 48.7 Å². The van der Waals surface area contributed by atoms with Crippen molar-refractivity contribution in [1.29, 1.82) is 0 Å². The molecule has 3 aliphatic rings. The number of esters is 1. The van der Waals surface area contributed by atoms with Crippen molar-refractivity contribution in [2.75, 3.05) is 42.5 Å². The topological polar surface area (TPSA) is 161 Å². The standard InChI is InChI=1S/C40H73NO13.C2H3I3/c1-17-28-40(10,45)33(43)23(4)30(42)21(2)19-38(8,48-15)34(54-37-32(46-13)27(41(11)12)18-22(3)50-37)24(5)31(25(6)36(44)52-28)53-29-20-39(9,49-16)35(47-14)26(7)51-29;1-2(3,4)5/h21-29,31-35,37,43,45H,17-20H2,1-16H3;1H3/t21-,22-,23+,24+,25-,26+,27+,28-,29+,31+,32-,33-,34-,35+,37+,38-,39-,40-;/m1./s1. The summed E-state index contributed by atoms with van der Waals surface area (Å²) in [6, 6.07) is -0.0356. The van der Waals surface area contributed by atoms with E-state index < -0.39 is 95.6 Å². The number of likely N-dealkylation sites (N-methyl/N-ethyl adjacent to an activating group) is 1. The van der Waals surface area contributed by atoms with Gasteiger partial charge < -0.3 is 57.7 Å². The van der Waals surface area contributed by atoms with Gasteiger partial charge in [-0.25, -0.2) is 0 Å². The molecule has 3 fully saturated rings. The summed E-state index contributed by atoms with van der Waals surface area (Å²) < 4.78 is 57.4. The molecule has 0 radical (unpaired) electrons. The molecule has 3 saturated heterocycles. The molecule has 3 aliphatic heterocycles. The van der Waals surface area contributed by atoms with Crippen LogP contribution in [-0.2, 0) is 52.2 Å². The predicted octanol–water partition coefficient (Wildman–Crippen LogP) is 6.71. The van der Waals surface area contributed by atoms with Crippen LogP contribution < -0.4 is 0 Å². The van der Waals surface area contributed by atoms with E-state index in [1.54, 1.807) is 56.1 Å². The van der Waals surface area contributed by atoms with Gasteiger partial charge in [-0.05, 0) is 81.8 Å². The van der Waals surface area contributed by atoms with E-state index >= 15 is 0 Å². The molecule has 0 amide bonds. The molecule has 0 aromatic heterocycles. The Morgan fingerprint density at radius 1 is 0.831 bits per heavy atom. The number of aliphatic hydroxyl groups excluding tert-OH is 1. The summed E-state index contributed by atoms with van der Waals surface area (Å²) in [6.07, 6.45) is -6.26. The van der Waals surface area contributed by atoms with Crippen molar-refractivity contribution < 1.29 is 62.4 Å². The number of hydrogen-bond acceptors (Lipinski definition) is 14. The molecule has 0 saturated carbocycles. The summed E-state index contributed by atoms with van der Waals surface area (Å²) in [5.41, 5.74) is -3.90. The monoisotopic (exact) mass is 1180 g/mol.